The lowest BCUT2D eigenvalue weighted by atomic mass is 10.1. The number of benzene rings is 1. The minimum Gasteiger partial charge on any atom is -0.374 e. The van der Waals surface area contributed by atoms with E-state index in [0.717, 1.165) is 15.7 Å². The number of aromatic nitrogens is 2. The molecule has 0 spiro atoms. The van der Waals surface area contributed by atoms with Crippen LogP contribution in [0.15, 0.2) is 35.3 Å². The molecule has 0 N–H and O–H groups in total. The first-order chi connectivity index (χ1) is 11.8. The summed E-state index contributed by atoms with van der Waals surface area (Å²) in [5.74, 6) is -0.782. The van der Waals surface area contributed by atoms with Crippen molar-refractivity contribution in [3.05, 3.63) is 40.8 Å². The van der Waals surface area contributed by atoms with E-state index in [0.29, 0.717) is 11.0 Å². The quantitative estimate of drug-likeness (QED) is 0.820. The molecule has 1 fully saturated rings. The van der Waals surface area contributed by atoms with Crippen LogP contribution in [0.1, 0.15) is 6.92 Å². The lowest BCUT2D eigenvalue weighted by Crippen LogP contribution is -2.60. The molecule has 0 unspecified atom stereocenters. The topological polar surface area (TPSA) is 64.4 Å². The molecule has 2 atom stereocenters. The average Bonchev–Trinajstić information content (AvgIpc) is 2.56. The van der Waals surface area contributed by atoms with Crippen molar-refractivity contribution in [3.63, 3.8) is 0 Å². The Morgan fingerprint density at radius 1 is 1.36 bits per heavy atom. The highest BCUT2D eigenvalue weighted by atomic mass is 19.4. The van der Waals surface area contributed by atoms with Crippen molar-refractivity contribution in [1.82, 2.24) is 14.5 Å². The number of para-hydroxylation sites is 2. The molecular formula is C16H16F3N3O3. The van der Waals surface area contributed by atoms with Gasteiger partial charge in [-0.1, -0.05) is 12.1 Å². The molecular weight excluding hydrogens is 339 g/mol. The number of carbonyl (C=O) groups excluding carboxylic acids is 1. The average molecular weight is 355 g/mol. The maximum absolute atomic E-state index is 13.3. The SMILES string of the molecule is C[C@@H]1OCCN(C(=O)Cn2c(=O)cnc3ccccc32)[C@@H]1C(F)(F)F. The fraction of sp³-hybridized carbons (Fsp3) is 0.438. The summed E-state index contributed by atoms with van der Waals surface area (Å²) in [6, 6.07) is 4.61. The van der Waals surface area contributed by atoms with Crippen molar-refractivity contribution >= 4 is 16.9 Å². The zero-order valence-corrected chi connectivity index (χ0v) is 13.4. The molecule has 2 heterocycles. The number of fused-ring (bicyclic) bond motifs is 1. The number of ether oxygens (including phenoxy) is 1. The number of amides is 1. The normalized spacial score (nSPS) is 21.5. The van der Waals surface area contributed by atoms with Crippen LogP contribution >= 0.6 is 0 Å². The van der Waals surface area contributed by atoms with Gasteiger partial charge in [0.25, 0.3) is 5.56 Å². The first-order valence-electron chi connectivity index (χ1n) is 7.71. The van der Waals surface area contributed by atoms with Gasteiger partial charge in [0.2, 0.25) is 5.91 Å². The van der Waals surface area contributed by atoms with E-state index in [1.165, 1.54) is 6.92 Å². The van der Waals surface area contributed by atoms with E-state index in [4.69, 9.17) is 4.74 Å². The Hall–Kier alpha value is -2.42. The zero-order chi connectivity index (χ0) is 18.2. The van der Waals surface area contributed by atoms with Crippen molar-refractivity contribution < 1.29 is 22.7 Å². The van der Waals surface area contributed by atoms with E-state index in [2.05, 4.69) is 4.98 Å². The molecule has 0 radical (unpaired) electrons. The second-order valence-electron chi connectivity index (χ2n) is 5.82. The van der Waals surface area contributed by atoms with Gasteiger partial charge < -0.3 is 9.64 Å². The highest BCUT2D eigenvalue weighted by Gasteiger charge is 2.50. The zero-order valence-electron chi connectivity index (χ0n) is 13.4. The molecule has 0 saturated carbocycles. The molecule has 9 heteroatoms. The van der Waals surface area contributed by atoms with E-state index in [9.17, 15) is 22.8 Å². The Morgan fingerprint density at radius 2 is 2.08 bits per heavy atom. The number of hydrogen-bond acceptors (Lipinski definition) is 4. The van der Waals surface area contributed by atoms with Crippen LogP contribution in [0.5, 0.6) is 0 Å². The molecule has 1 saturated heterocycles. The molecule has 1 aliphatic heterocycles. The summed E-state index contributed by atoms with van der Waals surface area (Å²) in [6.07, 6.45) is -4.72. The van der Waals surface area contributed by atoms with E-state index in [-0.39, 0.29) is 13.2 Å². The highest BCUT2D eigenvalue weighted by molar-refractivity contribution is 5.80. The molecule has 2 aromatic rings. The molecule has 1 amide bonds. The van der Waals surface area contributed by atoms with Crippen molar-refractivity contribution in [2.75, 3.05) is 13.2 Å². The number of rotatable bonds is 2. The second-order valence-corrected chi connectivity index (χ2v) is 5.82. The monoisotopic (exact) mass is 355 g/mol. The van der Waals surface area contributed by atoms with Gasteiger partial charge in [0.1, 0.15) is 6.54 Å². The molecule has 0 bridgehead atoms. The number of alkyl halides is 3. The molecule has 3 rings (SSSR count). The summed E-state index contributed by atoms with van der Waals surface area (Å²) in [5, 5.41) is 0. The molecule has 6 nitrogen and oxygen atoms in total. The van der Waals surface area contributed by atoms with E-state index >= 15 is 0 Å². The van der Waals surface area contributed by atoms with Gasteiger partial charge in [0.15, 0.2) is 6.04 Å². The van der Waals surface area contributed by atoms with Crippen molar-refractivity contribution in [2.24, 2.45) is 0 Å². The van der Waals surface area contributed by atoms with E-state index in [1.807, 2.05) is 0 Å². The number of carbonyl (C=O) groups is 1. The van der Waals surface area contributed by atoms with Crippen LogP contribution in [-0.2, 0) is 16.1 Å². The van der Waals surface area contributed by atoms with Crippen LogP contribution in [0.4, 0.5) is 13.2 Å². The molecule has 1 aromatic heterocycles. The lowest BCUT2D eigenvalue weighted by molar-refractivity contribution is -0.230. The van der Waals surface area contributed by atoms with Crippen LogP contribution in [0.25, 0.3) is 11.0 Å². The lowest BCUT2D eigenvalue weighted by Gasteiger charge is -2.40. The van der Waals surface area contributed by atoms with E-state index < -0.39 is 36.3 Å². The van der Waals surface area contributed by atoms with Crippen molar-refractivity contribution in [1.29, 1.82) is 0 Å². The summed E-state index contributed by atoms with van der Waals surface area (Å²) in [5.41, 5.74) is 0.336. The third kappa shape index (κ3) is 3.37. The van der Waals surface area contributed by atoms with Gasteiger partial charge in [-0.3, -0.25) is 14.2 Å². The van der Waals surface area contributed by atoms with Gasteiger partial charge in [-0.15, -0.1) is 0 Å². The Labute approximate surface area is 140 Å². The summed E-state index contributed by atoms with van der Waals surface area (Å²) in [6.45, 7) is 0.642. The van der Waals surface area contributed by atoms with Gasteiger partial charge in [-0.05, 0) is 19.1 Å². The Balaban J connectivity index is 1.94. The Morgan fingerprint density at radius 3 is 2.80 bits per heavy atom. The van der Waals surface area contributed by atoms with Crippen LogP contribution < -0.4 is 5.56 Å². The fourth-order valence-electron chi connectivity index (χ4n) is 3.05. The van der Waals surface area contributed by atoms with Gasteiger partial charge in [-0.25, -0.2) is 4.98 Å². The standard InChI is InChI=1S/C16H16F3N3O3/c1-10-15(16(17,18)19)21(6-7-25-10)14(24)9-22-12-5-3-2-4-11(12)20-8-13(22)23/h2-5,8,10,15H,6-7,9H2,1H3/t10-,15-/m0/s1. The number of hydrogen-bond donors (Lipinski definition) is 0. The van der Waals surface area contributed by atoms with E-state index in [1.54, 1.807) is 24.3 Å². The first kappa shape index (κ1) is 17.4. The molecule has 0 aliphatic carbocycles. The smallest absolute Gasteiger partial charge is 0.374 e. The maximum Gasteiger partial charge on any atom is 0.411 e. The van der Waals surface area contributed by atoms with Gasteiger partial charge >= 0.3 is 6.18 Å². The molecule has 1 aliphatic rings. The second kappa shape index (κ2) is 6.47. The van der Waals surface area contributed by atoms with Crippen LogP contribution in [0, 0.1) is 0 Å². The predicted molar refractivity (Wildman–Crippen MR) is 83.0 cm³/mol. The molecule has 25 heavy (non-hydrogen) atoms. The third-order valence-electron chi connectivity index (χ3n) is 4.20. The van der Waals surface area contributed by atoms with Crippen LogP contribution in [0.2, 0.25) is 0 Å². The van der Waals surface area contributed by atoms with Crippen LogP contribution in [0.3, 0.4) is 0 Å². The summed E-state index contributed by atoms with van der Waals surface area (Å²) < 4.78 is 46.1. The maximum atomic E-state index is 13.3. The van der Waals surface area contributed by atoms with Crippen molar-refractivity contribution in [2.45, 2.75) is 31.8 Å². The highest BCUT2D eigenvalue weighted by Crippen LogP contribution is 2.31. The largest absolute Gasteiger partial charge is 0.411 e. The van der Waals surface area contributed by atoms with Gasteiger partial charge in [0.05, 0.1) is 29.9 Å². The van der Waals surface area contributed by atoms with Crippen molar-refractivity contribution in [3.8, 4) is 0 Å². The Kier molecular flexibility index (Phi) is 4.51. The number of nitrogens with zero attached hydrogens (tertiary/aromatic N) is 3. The summed E-state index contributed by atoms with van der Waals surface area (Å²) in [7, 11) is 0. The van der Waals surface area contributed by atoms with Gasteiger partial charge in [0, 0.05) is 6.54 Å². The summed E-state index contributed by atoms with van der Waals surface area (Å²) in [4.78, 5) is 29.3. The van der Waals surface area contributed by atoms with Crippen LogP contribution in [-0.4, -0.2) is 51.8 Å². The first-order valence-corrected chi connectivity index (χ1v) is 7.71. The number of morpholine rings is 1. The number of halogens is 3. The molecule has 134 valence electrons. The molecule has 1 aromatic carbocycles. The third-order valence-corrected chi connectivity index (χ3v) is 4.20. The minimum absolute atomic E-state index is 0.0193. The predicted octanol–water partition coefficient (Wildman–Crippen LogP) is 1.57. The minimum atomic E-state index is -4.61. The Bertz CT molecular complexity index is 850. The fourth-order valence-corrected chi connectivity index (χ4v) is 3.05. The van der Waals surface area contributed by atoms with Gasteiger partial charge in [-0.2, -0.15) is 13.2 Å². The summed E-state index contributed by atoms with van der Waals surface area (Å²) >= 11 is 0.